The second-order valence-corrected chi connectivity index (χ2v) is 6.74. The molecule has 4 bridgehead atoms. The van der Waals surface area contributed by atoms with Gasteiger partial charge in [-0.15, -0.1) is 0 Å². The number of rotatable bonds is 3. The van der Waals surface area contributed by atoms with Gasteiger partial charge in [0.05, 0.1) is 12.5 Å². The monoisotopic (exact) mass is 218 g/mol. The molecule has 1 unspecified atom stereocenters. The summed E-state index contributed by atoms with van der Waals surface area (Å²) in [5.74, 6) is 3.00. The van der Waals surface area contributed by atoms with E-state index in [1.165, 1.54) is 38.5 Å². The molecule has 0 aromatic carbocycles. The molecule has 0 aliphatic heterocycles. The maximum absolute atomic E-state index is 8.72. The summed E-state index contributed by atoms with van der Waals surface area (Å²) in [7, 11) is 0. The molecule has 0 radical (unpaired) electrons. The third-order valence-corrected chi connectivity index (χ3v) is 5.21. The van der Waals surface area contributed by atoms with Crippen molar-refractivity contribution in [3.63, 3.8) is 0 Å². The third kappa shape index (κ3) is 1.76. The Bertz CT molecular complexity index is 280. The summed E-state index contributed by atoms with van der Waals surface area (Å²) in [4.78, 5) is 0. The van der Waals surface area contributed by atoms with Crippen LogP contribution in [0.2, 0.25) is 0 Å². The van der Waals surface area contributed by atoms with Gasteiger partial charge in [0.15, 0.2) is 0 Å². The molecule has 4 fully saturated rings. The summed E-state index contributed by atoms with van der Waals surface area (Å²) in [6, 6.07) is 2.35. The summed E-state index contributed by atoms with van der Waals surface area (Å²) in [5, 5.41) is 8.72. The van der Waals surface area contributed by atoms with Crippen molar-refractivity contribution in [1.29, 1.82) is 5.26 Å². The molecule has 0 saturated heterocycles. The van der Waals surface area contributed by atoms with Crippen molar-refractivity contribution in [2.75, 3.05) is 0 Å². The molecule has 0 heterocycles. The van der Waals surface area contributed by atoms with Crippen LogP contribution in [0.1, 0.15) is 51.4 Å². The van der Waals surface area contributed by atoms with Gasteiger partial charge in [0.1, 0.15) is 0 Å². The van der Waals surface area contributed by atoms with Crippen LogP contribution in [0.25, 0.3) is 0 Å². The normalized spacial score (nSPS) is 46.6. The summed E-state index contributed by atoms with van der Waals surface area (Å²) in [5.41, 5.74) is 6.63. The topological polar surface area (TPSA) is 49.8 Å². The fourth-order valence-corrected chi connectivity index (χ4v) is 5.29. The van der Waals surface area contributed by atoms with Gasteiger partial charge in [-0.05, 0) is 68.1 Å². The number of nitriles is 1. The molecule has 0 aromatic rings. The molecular weight excluding hydrogens is 196 g/mol. The van der Waals surface area contributed by atoms with Crippen LogP contribution in [0.15, 0.2) is 0 Å². The van der Waals surface area contributed by atoms with Crippen LogP contribution in [0.4, 0.5) is 0 Å². The zero-order chi connectivity index (χ0) is 11.2. The van der Waals surface area contributed by atoms with E-state index >= 15 is 0 Å². The molecule has 0 amide bonds. The molecule has 88 valence electrons. The van der Waals surface area contributed by atoms with Gasteiger partial charge < -0.3 is 5.73 Å². The van der Waals surface area contributed by atoms with Crippen molar-refractivity contribution < 1.29 is 0 Å². The molecule has 1 atom stereocenters. The lowest BCUT2D eigenvalue weighted by molar-refractivity contribution is -0.0601. The van der Waals surface area contributed by atoms with E-state index < -0.39 is 0 Å². The van der Waals surface area contributed by atoms with Crippen LogP contribution >= 0.6 is 0 Å². The minimum absolute atomic E-state index is 0.126. The zero-order valence-electron chi connectivity index (χ0n) is 9.99. The minimum atomic E-state index is 0.126. The van der Waals surface area contributed by atoms with Gasteiger partial charge in [-0.1, -0.05) is 0 Å². The maximum Gasteiger partial charge on any atom is 0.0638 e. The Morgan fingerprint density at radius 3 is 2.06 bits per heavy atom. The fraction of sp³-hybridized carbons (Fsp3) is 0.929. The lowest BCUT2D eigenvalue weighted by Gasteiger charge is -2.57. The van der Waals surface area contributed by atoms with Crippen molar-refractivity contribution in [1.82, 2.24) is 0 Å². The molecule has 2 N–H and O–H groups in total. The molecule has 4 rings (SSSR count). The number of nitrogens with zero attached hydrogens (tertiary/aromatic N) is 1. The predicted molar refractivity (Wildman–Crippen MR) is 63.4 cm³/mol. The Labute approximate surface area is 98.2 Å². The first-order valence-electron chi connectivity index (χ1n) is 6.82. The maximum atomic E-state index is 8.72. The summed E-state index contributed by atoms with van der Waals surface area (Å²) in [6.07, 6.45) is 10.4. The Morgan fingerprint density at radius 1 is 1.12 bits per heavy atom. The van der Waals surface area contributed by atoms with Crippen LogP contribution in [0.3, 0.4) is 0 Å². The Kier molecular flexibility index (Phi) is 2.47. The van der Waals surface area contributed by atoms with Crippen LogP contribution in [0, 0.1) is 34.5 Å². The number of hydrogen-bond acceptors (Lipinski definition) is 2. The smallest absolute Gasteiger partial charge is 0.0638 e. The minimum Gasteiger partial charge on any atom is -0.327 e. The van der Waals surface area contributed by atoms with Crippen LogP contribution < -0.4 is 5.73 Å². The molecule has 4 aliphatic carbocycles. The Morgan fingerprint density at radius 2 is 1.62 bits per heavy atom. The highest BCUT2D eigenvalue weighted by atomic mass is 14.7. The average Bonchev–Trinajstić information content (AvgIpc) is 2.13. The van der Waals surface area contributed by atoms with E-state index in [-0.39, 0.29) is 6.04 Å². The van der Waals surface area contributed by atoms with E-state index in [0.717, 1.165) is 24.2 Å². The number of nitrogens with two attached hydrogens (primary N) is 1. The van der Waals surface area contributed by atoms with Crippen LogP contribution in [-0.2, 0) is 0 Å². The van der Waals surface area contributed by atoms with E-state index in [0.29, 0.717) is 11.8 Å². The molecule has 0 aromatic heterocycles. The summed E-state index contributed by atoms with van der Waals surface area (Å²) >= 11 is 0. The molecule has 4 saturated carbocycles. The Hall–Kier alpha value is -0.550. The highest BCUT2D eigenvalue weighted by Gasteiger charge is 2.50. The van der Waals surface area contributed by atoms with Crippen molar-refractivity contribution >= 4 is 0 Å². The molecule has 0 spiro atoms. The first-order valence-corrected chi connectivity index (χ1v) is 6.82. The number of hydrogen-bond donors (Lipinski definition) is 1. The first kappa shape index (κ1) is 10.6. The van der Waals surface area contributed by atoms with E-state index in [4.69, 9.17) is 11.0 Å². The lowest BCUT2D eigenvalue weighted by atomic mass is 9.48. The fourth-order valence-electron chi connectivity index (χ4n) is 5.29. The Balaban J connectivity index is 1.71. The van der Waals surface area contributed by atoms with Gasteiger partial charge in [-0.3, -0.25) is 0 Å². The summed E-state index contributed by atoms with van der Waals surface area (Å²) in [6.45, 7) is 0. The van der Waals surface area contributed by atoms with Gasteiger partial charge in [-0.25, -0.2) is 0 Å². The van der Waals surface area contributed by atoms with Crippen LogP contribution in [0.5, 0.6) is 0 Å². The second kappa shape index (κ2) is 3.74. The van der Waals surface area contributed by atoms with E-state index in [1.807, 2.05) is 0 Å². The molecule has 16 heavy (non-hydrogen) atoms. The van der Waals surface area contributed by atoms with Crippen LogP contribution in [-0.4, -0.2) is 6.04 Å². The zero-order valence-corrected chi connectivity index (χ0v) is 9.99. The first-order chi connectivity index (χ1) is 7.69. The van der Waals surface area contributed by atoms with Crippen molar-refractivity contribution in [3.05, 3.63) is 0 Å². The van der Waals surface area contributed by atoms with Crippen molar-refractivity contribution in [3.8, 4) is 6.07 Å². The SMILES string of the molecule is N#CCC(N)CC12CC3CC(CC(C3)C1)C2. The van der Waals surface area contributed by atoms with Crippen molar-refractivity contribution in [2.45, 2.75) is 57.4 Å². The van der Waals surface area contributed by atoms with Gasteiger partial charge in [0.2, 0.25) is 0 Å². The highest BCUT2D eigenvalue weighted by molar-refractivity contribution is 5.02. The second-order valence-electron chi connectivity index (χ2n) is 6.74. The van der Waals surface area contributed by atoms with E-state index in [2.05, 4.69) is 6.07 Å². The summed E-state index contributed by atoms with van der Waals surface area (Å²) < 4.78 is 0. The van der Waals surface area contributed by atoms with Gasteiger partial charge in [0.25, 0.3) is 0 Å². The van der Waals surface area contributed by atoms with Gasteiger partial charge in [-0.2, -0.15) is 5.26 Å². The predicted octanol–water partition coefficient (Wildman–Crippen LogP) is 2.83. The molecule has 2 nitrogen and oxygen atoms in total. The molecule has 4 aliphatic rings. The standard InChI is InChI=1S/C14H22N2/c15-2-1-13(16)9-14-6-10-3-11(7-14)5-12(4-10)8-14/h10-13H,1,3-9,16H2. The van der Waals surface area contributed by atoms with E-state index in [1.54, 1.807) is 0 Å². The quantitative estimate of drug-likeness (QED) is 0.792. The van der Waals surface area contributed by atoms with E-state index in [9.17, 15) is 0 Å². The average molecular weight is 218 g/mol. The largest absolute Gasteiger partial charge is 0.327 e. The third-order valence-electron chi connectivity index (χ3n) is 5.21. The molecule has 2 heteroatoms. The highest BCUT2D eigenvalue weighted by Crippen LogP contribution is 2.61. The molecular formula is C14H22N2. The van der Waals surface area contributed by atoms with Gasteiger partial charge >= 0.3 is 0 Å². The van der Waals surface area contributed by atoms with Gasteiger partial charge in [0, 0.05) is 6.04 Å². The van der Waals surface area contributed by atoms with Crippen molar-refractivity contribution in [2.24, 2.45) is 28.9 Å². The lowest BCUT2D eigenvalue weighted by Crippen LogP contribution is -2.48.